The Balaban J connectivity index is 4.24. The quantitative estimate of drug-likeness (QED) is 0.738. The predicted octanol–water partition coefficient (Wildman–Crippen LogP) is 1.93. The summed E-state index contributed by atoms with van der Waals surface area (Å²) in [5.41, 5.74) is -0.227. The van der Waals surface area contributed by atoms with Gasteiger partial charge in [0.1, 0.15) is 0 Å². The lowest BCUT2D eigenvalue weighted by Gasteiger charge is -2.29. The van der Waals surface area contributed by atoms with Gasteiger partial charge in [-0.2, -0.15) is 5.26 Å². The van der Waals surface area contributed by atoms with Crippen molar-refractivity contribution in [1.82, 2.24) is 0 Å². The summed E-state index contributed by atoms with van der Waals surface area (Å²) in [7, 11) is 0. The van der Waals surface area contributed by atoms with Gasteiger partial charge in [-0.3, -0.25) is 0 Å². The molecule has 1 N–H and O–H groups in total. The summed E-state index contributed by atoms with van der Waals surface area (Å²) in [5, 5.41) is 18.8. The minimum absolute atomic E-state index is 0.227. The molecule has 0 aliphatic heterocycles. The summed E-state index contributed by atoms with van der Waals surface area (Å²) in [6, 6.07) is 2.03. The van der Waals surface area contributed by atoms with Crippen LogP contribution in [0.15, 0.2) is 0 Å². The topological polar surface area (TPSA) is 44.0 Å². The van der Waals surface area contributed by atoms with Crippen molar-refractivity contribution in [3.05, 3.63) is 0 Å². The van der Waals surface area contributed by atoms with Crippen LogP contribution in [-0.4, -0.2) is 16.5 Å². The smallest absolute Gasteiger partial charge is 0.0754 e. The summed E-state index contributed by atoms with van der Waals surface area (Å²) >= 11 is 3.30. The van der Waals surface area contributed by atoms with E-state index in [1.807, 2.05) is 19.9 Å². The van der Waals surface area contributed by atoms with Gasteiger partial charge in [0, 0.05) is 10.7 Å². The van der Waals surface area contributed by atoms with Crippen molar-refractivity contribution in [1.29, 1.82) is 5.26 Å². The molecule has 0 heterocycles. The average Bonchev–Trinajstić information content (AvgIpc) is 2.01. The highest BCUT2D eigenvalue weighted by Crippen LogP contribution is 2.27. The van der Waals surface area contributed by atoms with E-state index in [1.165, 1.54) is 0 Å². The van der Waals surface area contributed by atoms with Crippen molar-refractivity contribution < 1.29 is 5.11 Å². The summed E-state index contributed by atoms with van der Waals surface area (Å²) in [6.07, 6.45) is -0.563. The van der Waals surface area contributed by atoms with Gasteiger partial charge in [-0.15, -0.1) is 0 Å². The van der Waals surface area contributed by atoms with E-state index in [9.17, 15) is 5.11 Å². The lowest BCUT2D eigenvalue weighted by molar-refractivity contribution is 0.0398. The number of hydrogen-bond donors (Lipinski definition) is 1. The highest BCUT2D eigenvalue weighted by atomic mass is 79.9. The van der Waals surface area contributed by atoms with Gasteiger partial charge in [0.25, 0.3) is 0 Å². The van der Waals surface area contributed by atoms with E-state index in [4.69, 9.17) is 5.26 Å². The molecule has 0 aromatic rings. The highest BCUT2D eigenvalue weighted by molar-refractivity contribution is 9.09. The molecule has 2 unspecified atom stereocenters. The van der Waals surface area contributed by atoms with E-state index in [-0.39, 0.29) is 11.3 Å². The minimum atomic E-state index is -0.563. The molecule has 64 valence electrons. The fourth-order valence-corrected chi connectivity index (χ4v) is 1.16. The second-order valence-electron chi connectivity index (χ2n) is 3.48. The molecule has 0 rings (SSSR count). The second kappa shape index (κ2) is 4.08. The van der Waals surface area contributed by atoms with Crippen molar-refractivity contribution in [3.8, 4) is 6.07 Å². The van der Waals surface area contributed by atoms with Gasteiger partial charge in [0.2, 0.25) is 0 Å². The van der Waals surface area contributed by atoms with Crippen LogP contribution >= 0.6 is 15.9 Å². The number of alkyl halides is 1. The number of aliphatic hydroxyl groups excluding tert-OH is 1. The standard InChI is InChI=1S/C8H14BrNO/c1-6(4-10)7(11)8(2,3)5-9/h6-7,11H,5H2,1-3H3. The number of nitriles is 1. The van der Waals surface area contributed by atoms with Crippen LogP contribution in [0.25, 0.3) is 0 Å². The van der Waals surface area contributed by atoms with Crippen molar-refractivity contribution in [2.75, 3.05) is 5.33 Å². The van der Waals surface area contributed by atoms with Crippen LogP contribution in [0.2, 0.25) is 0 Å². The Labute approximate surface area is 76.3 Å². The molecule has 0 saturated carbocycles. The third kappa shape index (κ3) is 2.80. The number of nitrogens with zero attached hydrogens (tertiary/aromatic N) is 1. The molecule has 0 aromatic heterocycles. The van der Waals surface area contributed by atoms with Gasteiger partial charge in [-0.1, -0.05) is 29.8 Å². The molecular formula is C8H14BrNO. The SMILES string of the molecule is CC(C#N)C(O)C(C)(C)CBr. The van der Waals surface area contributed by atoms with Gasteiger partial charge < -0.3 is 5.11 Å². The maximum atomic E-state index is 9.59. The van der Waals surface area contributed by atoms with E-state index < -0.39 is 6.10 Å². The predicted molar refractivity (Wildman–Crippen MR) is 48.4 cm³/mol. The van der Waals surface area contributed by atoms with E-state index >= 15 is 0 Å². The van der Waals surface area contributed by atoms with Gasteiger partial charge in [0.05, 0.1) is 18.1 Å². The van der Waals surface area contributed by atoms with Crippen LogP contribution in [0.1, 0.15) is 20.8 Å². The first-order valence-electron chi connectivity index (χ1n) is 3.59. The lowest BCUT2D eigenvalue weighted by Crippen LogP contribution is -2.35. The van der Waals surface area contributed by atoms with E-state index in [1.54, 1.807) is 6.92 Å². The number of halogens is 1. The van der Waals surface area contributed by atoms with Gasteiger partial charge in [-0.05, 0) is 6.92 Å². The van der Waals surface area contributed by atoms with Crippen molar-refractivity contribution in [2.45, 2.75) is 26.9 Å². The van der Waals surface area contributed by atoms with Crippen LogP contribution < -0.4 is 0 Å². The molecule has 2 atom stereocenters. The van der Waals surface area contributed by atoms with Crippen LogP contribution in [0, 0.1) is 22.7 Å². The summed E-state index contributed by atoms with van der Waals surface area (Å²) < 4.78 is 0. The molecule has 0 spiro atoms. The van der Waals surface area contributed by atoms with Gasteiger partial charge >= 0.3 is 0 Å². The van der Waals surface area contributed by atoms with Gasteiger partial charge in [-0.25, -0.2) is 0 Å². The zero-order chi connectivity index (χ0) is 9.07. The molecule has 0 bridgehead atoms. The van der Waals surface area contributed by atoms with E-state index in [2.05, 4.69) is 15.9 Å². The average molecular weight is 220 g/mol. The minimum Gasteiger partial charge on any atom is -0.391 e. The van der Waals surface area contributed by atoms with Crippen LogP contribution in [0.3, 0.4) is 0 Å². The zero-order valence-electron chi connectivity index (χ0n) is 7.13. The maximum absolute atomic E-state index is 9.59. The normalized spacial score (nSPS) is 17.1. The molecule has 0 fully saturated rings. The van der Waals surface area contributed by atoms with Crippen molar-refractivity contribution in [2.24, 2.45) is 11.3 Å². The molecular weight excluding hydrogens is 206 g/mol. The third-order valence-electron chi connectivity index (χ3n) is 1.82. The van der Waals surface area contributed by atoms with Crippen LogP contribution in [0.4, 0.5) is 0 Å². The molecule has 0 amide bonds. The first kappa shape index (κ1) is 10.9. The molecule has 0 aliphatic rings. The first-order chi connectivity index (χ1) is 4.95. The maximum Gasteiger partial charge on any atom is 0.0754 e. The number of hydrogen-bond acceptors (Lipinski definition) is 2. The highest BCUT2D eigenvalue weighted by Gasteiger charge is 2.30. The molecule has 0 aliphatic carbocycles. The number of rotatable bonds is 3. The molecule has 3 heteroatoms. The Morgan fingerprint density at radius 3 is 2.36 bits per heavy atom. The van der Waals surface area contributed by atoms with Crippen molar-refractivity contribution in [3.63, 3.8) is 0 Å². The summed E-state index contributed by atoms with van der Waals surface area (Å²) in [5.74, 6) is -0.303. The van der Waals surface area contributed by atoms with E-state index in [0.29, 0.717) is 5.33 Å². The first-order valence-corrected chi connectivity index (χ1v) is 4.71. The lowest BCUT2D eigenvalue weighted by atomic mass is 9.82. The Hall–Kier alpha value is -0.0700. The summed E-state index contributed by atoms with van der Waals surface area (Å²) in [6.45, 7) is 5.59. The molecule has 2 nitrogen and oxygen atoms in total. The third-order valence-corrected chi connectivity index (χ3v) is 3.27. The largest absolute Gasteiger partial charge is 0.391 e. The van der Waals surface area contributed by atoms with Crippen LogP contribution in [0.5, 0.6) is 0 Å². The summed E-state index contributed by atoms with van der Waals surface area (Å²) in [4.78, 5) is 0. The Morgan fingerprint density at radius 1 is 1.64 bits per heavy atom. The number of aliphatic hydroxyl groups is 1. The second-order valence-corrected chi connectivity index (χ2v) is 4.05. The molecule has 0 saturated heterocycles. The van der Waals surface area contributed by atoms with Gasteiger partial charge in [0.15, 0.2) is 0 Å². The Kier molecular flexibility index (Phi) is 4.05. The van der Waals surface area contributed by atoms with Crippen molar-refractivity contribution >= 4 is 15.9 Å². The molecule has 0 radical (unpaired) electrons. The van der Waals surface area contributed by atoms with E-state index in [0.717, 1.165) is 0 Å². The molecule has 0 aromatic carbocycles. The fraction of sp³-hybridized carbons (Fsp3) is 0.875. The fourth-order valence-electron chi connectivity index (χ4n) is 0.826. The zero-order valence-corrected chi connectivity index (χ0v) is 8.72. The monoisotopic (exact) mass is 219 g/mol. The van der Waals surface area contributed by atoms with Crippen LogP contribution in [-0.2, 0) is 0 Å². The Bertz CT molecular complexity index is 162. The molecule has 11 heavy (non-hydrogen) atoms. The Morgan fingerprint density at radius 2 is 2.09 bits per heavy atom.